The Hall–Kier alpha value is -0.120. The molecule has 0 aliphatic carbocycles. The van der Waals surface area contributed by atoms with Crippen molar-refractivity contribution >= 4 is 0 Å². The minimum Gasteiger partial charge on any atom is -0.316 e. The lowest BCUT2D eigenvalue weighted by Gasteiger charge is -2.28. The van der Waals surface area contributed by atoms with Gasteiger partial charge in [-0.25, -0.2) is 0 Å². The van der Waals surface area contributed by atoms with Gasteiger partial charge in [0.15, 0.2) is 0 Å². The first-order chi connectivity index (χ1) is 8.49. The van der Waals surface area contributed by atoms with Gasteiger partial charge in [0.2, 0.25) is 0 Å². The molecule has 0 unspecified atom stereocenters. The van der Waals surface area contributed by atoms with Crippen LogP contribution in [0.2, 0.25) is 0 Å². The molecule has 2 N–H and O–H groups in total. The molecule has 0 aromatic rings. The van der Waals surface area contributed by atoms with Crippen LogP contribution in [0.3, 0.4) is 0 Å². The zero-order chi connectivity index (χ0) is 13.4. The molecule has 1 heterocycles. The Morgan fingerprint density at radius 2 is 1.89 bits per heavy atom. The van der Waals surface area contributed by atoms with Crippen LogP contribution in [-0.2, 0) is 0 Å². The van der Waals surface area contributed by atoms with Gasteiger partial charge in [0.25, 0.3) is 0 Å². The zero-order valence-electron chi connectivity index (χ0n) is 12.9. The molecule has 1 fully saturated rings. The first-order valence-corrected chi connectivity index (χ1v) is 7.63. The highest BCUT2D eigenvalue weighted by atomic mass is 15.2. The Morgan fingerprint density at radius 1 is 1.22 bits per heavy atom. The summed E-state index contributed by atoms with van der Waals surface area (Å²) < 4.78 is 0. The van der Waals surface area contributed by atoms with Gasteiger partial charge >= 0.3 is 0 Å². The van der Waals surface area contributed by atoms with Crippen LogP contribution in [-0.4, -0.2) is 50.7 Å². The van der Waals surface area contributed by atoms with Gasteiger partial charge in [-0.3, -0.25) is 0 Å². The molecule has 0 saturated carbocycles. The maximum atomic E-state index is 3.63. The Morgan fingerprint density at radius 3 is 2.50 bits per heavy atom. The largest absolute Gasteiger partial charge is 0.316 e. The van der Waals surface area contributed by atoms with Crippen LogP contribution in [0.15, 0.2) is 0 Å². The molecule has 0 spiro atoms. The molecular weight excluding hydrogens is 222 g/mol. The Bertz CT molecular complexity index is 208. The normalized spacial score (nSPS) is 18.5. The van der Waals surface area contributed by atoms with E-state index in [-0.39, 0.29) is 0 Å². The van der Waals surface area contributed by atoms with E-state index in [9.17, 15) is 0 Å². The third-order valence-corrected chi connectivity index (χ3v) is 3.60. The molecule has 0 bridgehead atoms. The summed E-state index contributed by atoms with van der Waals surface area (Å²) in [5.41, 5.74) is 0.434. The molecule has 1 saturated heterocycles. The molecule has 0 radical (unpaired) electrons. The first kappa shape index (κ1) is 15.9. The Balaban J connectivity index is 2.00. The average molecular weight is 255 g/mol. The van der Waals surface area contributed by atoms with E-state index in [1.165, 1.54) is 32.5 Å². The van der Waals surface area contributed by atoms with Gasteiger partial charge in [-0.1, -0.05) is 27.7 Å². The van der Waals surface area contributed by atoms with E-state index >= 15 is 0 Å². The summed E-state index contributed by atoms with van der Waals surface area (Å²) in [4.78, 5) is 2.57. The van der Waals surface area contributed by atoms with E-state index in [0.717, 1.165) is 32.1 Å². The number of hydrogen-bond acceptors (Lipinski definition) is 3. The van der Waals surface area contributed by atoms with Gasteiger partial charge in [0, 0.05) is 32.7 Å². The quantitative estimate of drug-likeness (QED) is 0.649. The lowest BCUT2D eigenvalue weighted by Crippen LogP contribution is -2.44. The van der Waals surface area contributed by atoms with Gasteiger partial charge in [-0.15, -0.1) is 0 Å². The van der Waals surface area contributed by atoms with Crippen LogP contribution in [0.5, 0.6) is 0 Å². The molecular formula is C15H33N3. The minimum atomic E-state index is 0.434. The SMILES string of the molecule is CC(C)CC(C)(C)CNCCCN1CCNCC1. The van der Waals surface area contributed by atoms with Gasteiger partial charge < -0.3 is 15.5 Å². The Labute approximate surface area is 114 Å². The smallest absolute Gasteiger partial charge is 0.0107 e. The standard InChI is InChI=1S/C15H33N3/c1-14(2)12-15(3,4)13-17-6-5-9-18-10-7-16-8-11-18/h14,16-17H,5-13H2,1-4H3. The van der Waals surface area contributed by atoms with Crippen molar-refractivity contribution in [1.82, 2.24) is 15.5 Å². The second kappa shape index (κ2) is 8.13. The third kappa shape index (κ3) is 7.34. The summed E-state index contributed by atoms with van der Waals surface area (Å²) in [6, 6.07) is 0. The zero-order valence-corrected chi connectivity index (χ0v) is 12.9. The highest BCUT2D eigenvalue weighted by Gasteiger charge is 2.18. The fourth-order valence-corrected chi connectivity index (χ4v) is 2.97. The van der Waals surface area contributed by atoms with Crippen LogP contribution in [0, 0.1) is 11.3 Å². The maximum absolute atomic E-state index is 3.63. The average Bonchev–Trinajstić information content (AvgIpc) is 2.28. The summed E-state index contributed by atoms with van der Waals surface area (Å²) in [7, 11) is 0. The van der Waals surface area contributed by atoms with Crippen LogP contribution >= 0.6 is 0 Å². The second-order valence-corrected chi connectivity index (χ2v) is 6.88. The second-order valence-electron chi connectivity index (χ2n) is 6.88. The molecule has 3 nitrogen and oxygen atoms in total. The van der Waals surface area contributed by atoms with Gasteiger partial charge in [-0.05, 0) is 37.3 Å². The molecule has 1 aliphatic heterocycles. The molecule has 0 aromatic heterocycles. The monoisotopic (exact) mass is 255 g/mol. The van der Waals surface area contributed by atoms with E-state index in [0.29, 0.717) is 5.41 Å². The molecule has 18 heavy (non-hydrogen) atoms. The van der Waals surface area contributed by atoms with Crippen LogP contribution in [0.4, 0.5) is 0 Å². The predicted molar refractivity (Wildman–Crippen MR) is 80.0 cm³/mol. The first-order valence-electron chi connectivity index (χ1n) is 7.63. The topological polar surface area (TPSA) is 27.3 Å². The van der Waals surface area contributed by atoms with Crippen molar-refractivity contribution in [3.05, 3.63) is 0 Å². The molecule has 0 aromatic carbocycles. The van der Waals surface area contributed by atoms with E-state index in [1.54, 1.807) is 0 Å². The summed E-state index contributed by atoms with van der Waals surface area (Å²) in [6.07, 6.45) is 2.58. The molecule has 0 atom stereocenters. The van der Waals surface area contributed by atoms with Gasteiger partial charge in [-0.2, -0.15) is 0 Å². The summed E-state index contributed by atoms with van der Waals surface area (Å²) in [6.45, 7) is 17.7. The maximum Gasteiger partial charge on any atom is 0.0107 e. The van der Waals surface area contributed by atoms with E-state index in [1.807, 2.05) is 0 Å². The van der Waals surface area contributed by atoms with Crippen molar-refractivity contribution in [2.45, 2.75) is 40.5 Å². The van der Waals surface area contributed by atoms with Crippen LogP contribution < -0.4 is 10.6 Å². The molecule has 1 aliphatic rings. The number of rotatable bonds is 8. The van der Waals surface area contributed by atoms with Crippen molar-refractivity contribution in [1.29, 1.82) is 0 Å². The lowest BCUT2D eigenvalue weighted by atomic mass is 9.84. The van der Waals surface area contributed by atoms with Crippen molar-refractivity contribution in [2.24, 2.45) is 11.3 Å². The van der Waals surface area contributed by atoms with Crippen LogP contribution in [0.25, 0.3) is 0 Å². The minimum absolute atomic E-state index is 0.434. The number of nitrogens with one attached hydrogen (secondary N) is 2. The van der Waals surface area contributed by atoms with Crippen molar-refractivity contribution in [2.75, 3.05) is 45.8 Å². The molecule has 3 heteroatoms. The van der Waals surface area contributed by atoms with E-state index in [2.05, 4.69) is 43.2 Å². The number of piperazine rings is 1. The Kier molecular flexibility index (Phi) is 7.20. The van der Waals surface area contributed by atoms with Crippen molar-refractivity contribution in [3.8, 4) is 0 Å². The molecule has 1 rings (SSSR count). The summed E-state index contributed by atoms with van der Waals surface area (Å²) in [5.74, 6) is 0.794. The van der Waals surface area contributed by atoms with Crippen molar-refractivity contribution < 1.29 is 0 Å². The number of hydrogen-bond donors (Lipinski definition) is 2. The summed E-state index contributed by atoms with van der Waals surface area (Å²) in [5, 5.41) is 7.03. The van der Waals surface area contributed by atoms with Gasteiger partial charge in [0.1, 0.15) is 0 Å². The van der Waals surface area contributed by atoms with Crippen molar-refractivity contribution in [3.63, 3.8) is 0 Å². The third-order valence-electron chi connectivity index (χ3n) is 3.60. The fourth-order valence-electron chi connectivity index (χ4n) is 2.97. The number of nitrogens with zero attached hydrogens (tertiary/aromatic N) is 1. The predicted octanol–water partition coefficient (Wildman–Crippen LogP) is 1.94. The van der Waals surface area contributed by atoms with E-state index < -0.39 is 0 Å². The van der Waals surface area contributed by atoms with E-state index in [4.69, 9.17) is 0 Å². The molecule has 0 amide bonds. The van der Waals surface area contributed by atoms with Gasteiger partial charge in [0.05, 0.1) is 0 Å². The fraction of sp³-hybridized carbons (Fsp3) is 1.00. The van der Waals surface area contributed by atoms with Crippen LogP contribution in [0.1, 0.15) is 40.5 Å². The summed E-state index contributed by atoms with van der Waals surface area (Å²) >= 11 is 0. The lowest BCUT2D eigenvalue weighted by molar-refractivity contribution is 0.232. The highest BCUT2D eigenvalue weighted by molar-refractivity contribution is 4.73. The molecule has 108 valence electrons. The highest BCUT2D eigenvalue weighted by Crippen LogP contribution is 2.23.